The molecule has 0 saturated carbocycles. The predicted octanol–water partition coefficient (Wildman–Crippen LogP) is 3.02. The summed E-state index contributed by atoms with van der Waals surface area (Å²) < 4.78 is 7.12. The van der Waals surface area contributed by atoms with Crippen LogP contribution in [0.2, 0.25) is 0 Å². The zero-order valence-corrected chi connectivity index (χ0v) is 13.4. The highest BCUT2D eigenvalue weighted by atomic mass is 16.5. The number of benzene rings is 2. The van der Waals surface area contributed by atoms with Gasteiger partial charge >= 0.3 is 0 Å². The van der Waals surface area contributed by atoms with Gasteiger partial charge in [0.25, 0.3) is 0 Å². The summed E-state index contributed by atoms with van der Waals surface area (Å²) in [6.07, 6.45) is 0.867. The Morgan fingerprint density at radius 1 is 1.08 bits per heavy atom. The molecule has 0 amide bonds. The average molecular weight is 321 g/mol. The van der Waals surface area contributed by atoms with E-state index in [0.29, 0.717) is 5.95 Å². The van der Waals surface area contributed by atoms with Crippen molar-refractivity contribution in [2.45, 2.75) is 18.5 Å². The van der Waals surface area contributed by atoms with E-state index in [-0.39, 0.29) is 18.0 Å². The van der Waals surface area contributed by atoms with Crippen molar-refractivity contribution in [3.63, 3.8) is 0 Å². The Morgan fingerprint density at radius 2 is 1.83 bits per heavy atom. The van der Waals surface area contributed by atoms with E-state index in [0.717, 1.165) is 12.2 Å². The molecular weight excluding hydrogens is 302 g/mol. The van der Waals surface area contributed by atoms with Crippen molar-refractivity contribution in [3.05, 3.63) is 65.7 Å². The number of nitrogens with one attached hydrogen (secondary N) is 1. The molecule has 1 aromatic heterocycles. The van der Waals surface area contributed by atoms with Crippen LogP contribution in [-0.4, -0.2) is 21.9 Å². The summed E-state index contributed by atoms with van der Waals surface area (Å²) in [6, 6.07) is 18.7. The normalized spacial score (nSPS) is 19.4. The Hall–Kier alpha value is -3.02. The Labute approximate surface area is 140 Å². The maximum Gasteiger partial charge on any atom is 0.241 e. The molecule has 2 atom stereocenters. The van der Waals surface area contributed by atoms with Crippen molar-refractivity contribution in [1.29, 1.82) is 0 Å². The Balaban J connectivity index is 1.71. The highest BCUT2D eigenvalue weighted by Gasteiger charge is 2.30. The van der Waals surface area contributed by atoms with Crippen molar-refractivity contribution >= 4 is 11.9 Å². The van der Waals surface area contributed by atoms with Gasteiger partial charge in [0, 0.05) is 0 Å². The lowest BCUT2D eigenvalue weighted by Crippen LogP contribution is -2.28. The van der Waals surface area contributed by atoms with Crippen molar-refractivity contribution in [2.24, 2.45) is 0 Å². The van der Waals surface area contributed by atoms with Gasteiger partial charge < -0.3 is 15.8 Å². The molecular formula is C18H19N5O. The van der Waals surface area contributed by atoms with Crippen molar-refractivity contribution in [3.8, 4) is 5.75 Å². The van der Waals surface area contributed by atoms with E-state index < -0.39 is 0 Å². The van der Waals surface area contributed by atoms with Crippen LogP contribution in [0.5, 0.6) is 5.75 Å². The second-order valence-corrected chi connectivity index (χ2v) is 5.87. The second-order valence-electron chi connectivity index (χ2n) is 5.87. The van der Waals surface area contributed by atoms with Crippen molar-refractivity contribution < 1.29 is 4.74 Å². The highest BCUT2D eigenvalue weighted by molar-refractivity contribution is 5.42. The van der Waals surface area contributed by atoms with Crippen LogP contribution in [0, 0.1) is 0 Å². The van der Waals surface area contributed by atoms with E-state index in [1.165, 1.54) is 11.1 Å². The molecule has 0 unspecified atom stereocenters. The number of anilines is 2. The molecule has 0 fully saturated rings. The van der Waals surface area contributed by atoms with E-state index in [1.54, 1.807) is 7.11 Å². The first-order chi connectivity index (χ1) is 11.7. The first-order valence-corrected chi connectivity index (χ1v) is 7.92. The number of hydrogen-bond acceptors (Lipinski definition) is 5. The lowest BCUT2D eigenvalue weighted by atomic mass is 9.93. The molecule has 1 aliphatic heterocycles. The van der Waals surface area contributed by atoms with E-state index in [1.807, 2.05) is 35.0 Å². The molecule has 2 aromatic carbocycles. The monoisotopic (exact) mass is 321 g/mol. The molecule has 4 rings (SSSR count). The molecule has 6 heteroatoms. The van der Waals surface area contributed by atoms with E-state index in [4.69, 9.17) is 10.5 Å². The standard InChI is InChI=1S/C18H19N5O/c1-24-14-9-7-12(8-10-14)15-11-16(13-5-3-2-4-6-13)23-18(20-15)21-17(19)22-23/h2-10,15-16H,11H2,1H3,(H3,19,20,21,22)/t15-,16-/m1/s1. The van der Waals surface area contributed by atoms with Crippen LogP contribution in [0.1, 0.15) is 29.6 Å². The largest absolute Gasteiger partial charge is 0.497 e. The smallest absolute Gasteiger partial charge is 0.241 e. The number of nitrogen functional groups attached to an aromatic ring is 1. The molecule has 0 radical (unpaired) electrons. The number of rotatable bonds is 3. The van der Waals surface area contributed by atoms with Gasteiger partial charge in [-0.2, -0.15) is 4.98 Å². The van der Waals surface area contributed by atoms with Crippen LogP contribution < -0.4 is 15.8 Å². The summed E-state index contributed by atoms with van der Waals surface area (Å²) >= 11 is 0. The Morgan fingerprint density at radius 3 is 2.54 bits per heavy atom. The first-order valence-electron chi connectivity index (χ1n) is 7.92. The predicted molar refractivity (Wildman–Crippen MR) is 93.0 cm³/mol. The number of methoxy groups -OCH3 is 1. The van der Waals surface area contributed by atoms with Gasteiger partial charge in [0.1, 0.15) is 5.75 Å². The molecule has 0 spiro atoms. The summed E-state index contributed by atoms with van der Waals surface area (Å²) in [5.74, 6) is 1.84. The number of hydrogen-bond donors (Lipinski definition) is 2. The fraction of sp³-hybridized carbons (Fsp3) is 0.222. The fourth-order valence-electron chi connectivity index (χ4n) is 3.20. The van der Waals surface area contributed by atoms with Gasteiger partial charge in [-0.3, -0.25) is 0 Å². The maximum absolute atomic E-state index is 5.82. The average Bonchev–Trinajstić information content (AvgIpc) is 3.02. The Kier molecular flexibility index (Phi) is 3.57. The maximum atomic E-state index is 5.82. The van der Waals surface area contributed by atoms with Crippen LogP contribution in [0.3, 0.4) is 0 Å². The third-order valence-electron chi connectivity index (χ3n) is 4.41. The minimum absolute atomic E-state index is 0.0966. The van der Waals surface area contributed by atoms with Crippen molar-refractivity contribution in [1.82, 2.24) is 14.8 Å². The molecule has 0 aliphatic carbocycles. The molecule has 0 saturated heterocycles. The Bertz CT molecular complexity index is 828. The first kappa shape index (κ1) is 14.6. The van der Waals surface area contributed by atoms with Gasteiger partial charge in [0.05, 0.1) is 19.2 Å². The van der Waals surface area contributed by atoms with Crippen LogP contribution in [0.25, 0.3) is 0 Å². The highest BCUT2D eigenvalue weighted by Crippen LogP contribution is 2.38. The molecule has 24 heavy (non-hydrogen) atoms. The number of fused-ring (bicyclic) bond motifs is 1. The van der Waals surface area contributed by atoms with E-state index in [2.05, 4.69) is 39.7 Å². The quantitative estimate of drug-likeness (QED) is 0.775. The number of nitrogens with zero attached hydrogens (tertiary/aromatic N) is 3. The summed E-state index contributed by atoms with van der Waals surface area (Å²) in [5, 5.41) is 7.81. The molecule has 122 valence electrons. The van der Waals surface area contributed by atoms with Gasteiger partial charge in [-0.15, -0.1) is 5.10 Å². The number of aromatic nitrogens is 3. The van der Waals surface area contributed by atoms with Crippen molar-refractivity contribution in [2.75, 3.05) is 18.2 Å². The number of nitrogens with two attached hydrogens (primary N) is 1. The van der Waals surface area contributed by atoms with E-state index in [9.17, 15) is 0 Å². The van der Waals surface area contributed by atoms with Gasteiger partial charge in [0.15, 0.2) is 0 Å². The van der Waals surface area contributed by atoms with Crippen LogP contribution in [-0.2, 0) is 0 Å². The fourth-order valence-corrected chi connectivity index (χ4v) is 3.20. The molecule has 6 nitrogen and oxygen atoms in total. The minimum Gasteiger partial charge on any atom is -0.497 e. The summed E-state index contributed by atoms with van der Waals surface area (Å²) in [5.41, 5.74) is 8.20. The minimum atomic E-state index is 0.0966. The topological polar surface area (TPSA) is 78.0 Å². The number of ether oxygens (including phenoxy) is 1. The lowest BCUT2D eigenvalue weighted by Gasteiger charge is -2.31. The lowest BCUT2D eigenvalue weighted by molar-refractivity contribution is 0.413. The molecule has 1 aliphatic rings. The zero-order valence-electron chi connectivity index (χ0n) is 13.4. The van der Waals surface area contributed by atoms with Crippen LogP contribution >= 0.6 is 0 Å². The van der Waals surface area contributed by atoms with Gasteiger partial charge in [-0.25, -0.2) is 4.68 Å². The molecule has 3 aromatic rings. The molecule has 2 heterocycles. The summed E-state index contributed by atoms with van der Waals surface area (Å²) in [6.45, 7) is 0. The van der Waals surface area contributed by atoms with Gasteiger partial charge in [-0.1, -0.05) is 42.5 Å². The van der Waals surface area contributed by atoms with Crippen LogP contribution in [0.4, 0.5) is 11.9 Å². The summed E-state index contributed by atoms with van der Waals surface area (Å²) in [7, 11) is 1.67. The third kappa shape index (κ3) is 2.56. The molecule has 0 bridgehead atoms. The summed E-state index contributed by atoms with van der Waals surface area (Å²) in [4.78, 5) is 4.33. The third-order valence-corrected chi connectivity index (χ3v) is 4.41. The SMILES string of the molecule is COc1ccc([C@H]2C[C@H](c3ccccc3)n3nc(N)nc3N2)cc1. The second kappa shape index (κ2) is 5.88. The van der Waals surface area contributed by atoms with Crippen LogP contribution in [0.15, 0.2) is 54.6 Å². The van der Waals surface area contributed by atoms with Gasteiger partial charge in [0.2, 0.25) is 11.9 Å². The van der Waals surface area contributed by atoms with E-state index >= 15 is 0 Å². The zero-order chi connectivity index (χ0) is 16.5. The molecule has 3 N–H and O–H groups in total. The van der Waals surface area contributed by atoms with Gasteiger partial charge in [-0.05, 0) is 29.7 Å².